The molecule has 1 atom stereocenters. The van der Waals surface area contributed by atoms with Crippen LogP contribution in [-0.4, -0.2) is 22.3 Å². The summed E-state index contributed by atoms with van der Waals surface area (Å²) in [7, 11) is 0. The minimum atomic E-state index is -0.668. The zero-order valence-electron chi connectivity index (χ0n) is 8.09. The van der Waals surface area contributed by atoms with Gasteiger partial charge in [0.05, 0.1) is 18.0 Å². The highest BCUT2D eigenvalue weighted by atomic mass is 32.1. The van der Waals surface area contributed by atoms with E-state index in [1.165, 1.54) is 15.9 Å². The first-order valence-corrected chi connectivity index (χ1v) is 5.55. The van der Waals surface area contributed by atoms with Gasteiger partial charge in [0.25, 0.3) is 5.56 Å². The number of aliphatic hydroxyl groups excluding tert-OH is 1. The molecule has 0 saturated carbocycles. The zero-order valence-corrected chi connectivity index (χ0v) is 8.91. The number of aromatic nitrogens is 1. The topological polar surface area (TPSA) is 68.2 Å². The average molecular weight is 224 g/mol. The first-order chi connectivity index (χ1) is 7.22. The molecular weight excluding hydrogens is 212 g/mol. The molecule has 2 aromatic rings. The molecule has 2 rings (SSSR count). The highest BCUT2D eigenvalue weighted by molar-refractivity contribution is 7.17. The van der Waals surface area contributed by atoms with Crippen LogP contribution in [-0.2, 0) is 6.54 Å². The molecule has 2 aromatic heterocycles. The number of aliphatic hydroxyl groups is 1. The highest BCUT2D eigenvalue weighted by Gasteiger charge is 2.07. The molecule has 0 amide bonds. The van der Waals surface area contributed by atoms with Gasteiger partial charge in [0.2, 0.25) is 0 Å². The summed E-state index contributed by atoms with van der Waals surface area (Å²) in [5, 5.41) is 12.0. The van der Waals surface area contributed by atoms with E-state index in [0.29, 0.717) is 5.39 Å². The Morgan fingerprint density at radius 1 is 1.53 bits per heavy atom. The van der Waals surface area contributed by atoms with Crippen molar-refractivity contribution in [3.63, 3.8) is 0 Å². The maximum atomic E-state index is 11.9. The highest BCUT2D eigenvalue weighted by Crippen LogP contribution is 2.16. The molecule has 2 heterocycles. The maximum absolute atomic E-state index is 11.9. The third kappa shape index (κ3) is 1.94. The molecule has 0 aliphatic heterocycles. The second-order valence-electron chi connectivity index (χ2n) is 3.36. The Balaban J connectivity index is 2.44. The minimum Gasteiger partial charge on any atom is -0.390 e. The molecule has 0 bridgehead atoms. The predicted octanol–water partition coefficient (Wildman–Crippen LogP) is 0.383. The fraction of sp³-hybridized carbons (Fsp3) is 0.300. The van der Waals surface area contributed by atoms with Crippen molar-refractivity contribution in [2.24, 2.45) is 5.73 Å². The fourth-order valence-corrected chi connectivity index (χ4v) is 2.22. The number of fused-ring (bicyclic) bond motifs is 1. The Morgan fingerprint density at radius 3 is 3.07 bits per heavy atom. The molecule has 0 aromatic carbocycles. The summed E-state index contributed by atoms with van der Waals surface area (Å²) in [4.78, 5) is 11.9. The van der Waals surface area contributed by atoms with E-state index in [4.69, 9.17) is 5.73 Å². The van der Waals surface area contributed by atoms with Crippen LogP contribution in [0.4, 0.5) is 0 Å². The van der Waals surface area contributed by atoms with Crippen LogP contribution in [0.25, 0.3) is 10.1 Å². The molecule has 15 heavy (non-hydrogen) atoms. The van der Waals surface area contributed by atoms with Crippen LogP contribution in [0.1, 0.15) is 0 Å². The van der Waals surface area contributed by atoms with Crippen molar-refractivity contribution in [3.8, 4) is 0 Å². The lowest BCUT2D eigenvalue weighted by molar-refractivity contribution is 0.161. The van der Waals surface area contributed by atoms with Gasteiger partial charge < -0.3 is 15.4 Å². The molecule has 0 spiro atoms. The van der Waals surface area contributed by atoms with Gasteiger partial charge in [0.15, 0.2) is 0 Å². The van der Waals surface area contributed by atoms with Crippen LogP contribution >= 0.6 is 11.3 Å². The number of pyridine rings is 1. The first kappa shape index (κ1) is 10.4. The van der Waals surface area contributed by atoms with Gasteiger partial charge in [0, 0.05) is 17.4 Å². The molecule has 0 aliphatic carbocycles. The standard InChI is InChI=1S/C10H12N2O2S/c11-5-7(13)6-12-3-1-9-8(10(12)14)2-4-15-9/h1-4,7,13H,5-6,11H2. The molecule has 4 nitrogen and oxygen atoms in total. The van der Waals surface area contributed by atoms with Gasteiger partial charge in [-0.3, -0.25) is 4.79 Å². The minimum absolute atomic E-state index is 0.0683. The van der Waals surface area contributed by atoms with Gasteiger partial charge >= 0.3 is 0 Å². The summed E-state index contributed by atoms with van der Waals surface area (Å²) in [6.45, 7) is 0.412. The SMILES string of the molecule is NCC(O)Cn1ccc2sccc2c1=O. The van der Waals surface area contributed by atoms with Crippen molar-refractivity contribution >= 4 is 21.4 Å². The van der Waals surface area contributed by atoms with Gasteiger partial charge in [-0.15, -0.1) is 11.3 Å². The summed E-state index contributed by atoms with van der Waals surface area (Å²) in [6.07, 6.45) is 1.03. The second-order valence-corrected chi connectivity index (χ2v) is 4.31. The van der Waals surface area contributed by atoms with E-state index in [9.17, 15) is 9.90 Å². The molecule has 0 fully saturated rings. The normalized spacial score (nSPS) is 13.2. The lowest BCUT2D eigenvalue weighted by atomic mass is 10.3. The Bertz CT molecular complexity index is 517. The molecule has 3 N–H and O–H groups in total. The van der Waals surface area contributed by atoms with Gasteiger partial charge in [-0.2, -0.15) is 0 Å². The third-order valence-corrected chi connectivity index (χ3v) is 3.15. The van der Waals surface area contributed by atoms with Crippen LogP contribution in [0.2, 0.25) is 0 Å². The summed E-state index contributed by atoms with van der Waals surface area (Å²) in [5.74, 6) is 0. The molecular formula is C10H12N2O2S. The van der Waals surface area contributed by atoms with Crippen LogP contribution in [0, 0.1) is 0 Å². The third-order valence-electron chi connectivity index (χ3n) is 2.27. The van der Waals surface area contributed by atoms with Crippen molar-refractivity contribution in [2.45, 2.75) is 12.6 Å². The van der Waals surface area contributed by atoms with Gasteiger partial charge in [0.1, 0.15) is 0 Å². The van der Waals surface area contributed by atoms with Crippen molar-refractivity contribution < 1.29 is 5.11 Å². The molecule has 5 heteroatoms. The number of rotatable bonds is 3. The van der Waals surface area contributed by atoms with Gasteiger partial charge in [-0.25, -0.2) is 0 Å². The van der Waals surface area contributed by atoms with E-state index in [-0.39, 0.29) is 18.6 Å². The smallest absolute Gasteiger partial charge is 0.259 e. The second kappa shape index (κ2) is 4.14. The lowest BCUT2D eigenvalue weighted by Crippen LogP contribution is -2.30. The summed E-state index contributed by atoms with van der Waals surface area (Å²) in [6, 6.07) is 3.68. The quantitative estimate of drug-likeness (QED) is 0.792. The average Bonchev–Trinajstić information content (AvgIpc) is 2.70. The van der Waals surface area contributed by atoms with Crippen LogP contribution < -0.4 is 11.3 Å². The van der Waals surface area contributed by atoms with E-state index < -0.39 is 6.10 Å². The molecule has 1 unspecified atom stereocenters. The van der Waals surface area contributed by atoms with Crippen molar-refractivity contribution in [1.29, 1.82) is 0 Å². The van der Waals surface area contributed by atoms with E-state index in [0.717, 1.165) is 4.70 Å². The number of thiophene rings is 1. The van der Waals surface area contributed by atoms with E-state index in [2.05, 4.69) is 0 Å². The lowest BCUT2D eigenvalue weighted by Gasteiger charge is -2.09. The van der Waals surface area contributed by atoms with Crippen molar-refractivity contribution in [1.82, 2.24) is 4.57 Å². The summed E-state index contributed by atoms with van der Waals surface area (Å²) >= 11 is 1.53. The largest absolute Gasteiger partial charge is 0.390 e. The Hall–Kier alpha value is -1.17. The van der Waals surface area contributed by atoms with Gasteiger partial charge in [-0.05, 0) is 17.5 Å². The summed E-state index contributed by atoms with van der Waals surface area (Å²) < 4.78 is 2.46. The van der Waals surface area contributed by atoms with Crippen LogP contribution in [0.3, 0.4) is 0 Å². The predicted molar refractivity (Wildman–Crippen MR) is 61.1 cm³/mol. The number of hydrogen-bond donors (Lipinski definition) is 2. The molecule has 0 saturated heterocycles. The fourth-order valence-electron chi connectivity index (χ4n) is 1.45. The number of nitrogens with two attached hydrogens (primary N) is 1. The summed E-state index contributed by atoms with van der Waals surface area (Å²) in [5.41, 5.74) is 5.23. The van der Waals surface area contributed by atoms with E-state index in [1.54, 1.807) is 12.3 Å². The van der Waals surface area contributed by atoms with Gasteiger partial charge in [-0.1, -0.05) is 0 Å². The maximum Gasteiger partial charge on any atom is 0.259 e. The number of nitrogens with zero attached hydrogens (tertiary/aromatic N) is 1. The molecule has 80 valence electrons. The van der Waals surface area contributed by atoms with E-state index >= 15 is 0 Å². The van der Waals surface area contributed by atoms with Crippen LogP contribution in [0.5, 0.6) is 0 Å². The van der Waals surface area contributed by atoms with Crippen molar-refractivity contribution in [3.05, 3.63) is 34.1 Å². The van der Waals surface area contributed by atoms with E-state index in [1.807, 2.05) is 11.4 Å². The van der Waals surface area contributed by atoms with Crippen molar-refractivity contribution in [2.75, 3.05) is 6.54 Å². The monoisotopic (exact) mass is 224 g/mol. The molecule has 0 aliphatic rings. The Morgan fingerprint density at radius 2 is 2.33 bits per heavy atom. The Kier molecular flexibility index (Phi) is 2.86. The Labute approximate surface area is 90.6 Å². The zero-order chi connectivity index (χ0) is 10.8. The van der Waals surface area contributed by atoms with Crippen LogP contribution in [0.15, 0.2) is 28.5 Å². The molecule has 0 radical (unpaired) electrons. The first-order valence-electron chi connectivity index (χ1n) is 4.67. The number of hydrogen-bond acceptors (Lipinski definition) is 4.